The van der Waals surface area contributed by atoms with Gasteiger partial charge in [0.2, 0.25) is 0 Å². The van der Waals surface area contributed by atoms with Gasteiger partial charge in [0.15, 0.2) is 5.82 Å². The normalized spacial score (nSPS) is 10.4. The number of hydrogen-bond donors (Lipinski definition) is 3. The molecule has 0 aliphatic carbocycles. The lowest BCUT2D eigenvalue weighted by atomic mass is 10.4. The monoisotopic (exact) mass is 286 g/mol. The molecule has 8 heteroatoms. The van der Waals surface area contributed by atoms with E-state index in [0.717, 1.165) is 5.82 Å². The molecule has 2 rings (SSSR count). The van der Waals surface area contributed by atoms with Gasteiger partial charge in [-0.15, -0.1) is 0 Å². The second-order valence-corrected chi connectivity index (χ2v) is 4.42. The van der Waals surface area contributed by atoms with Gasteiger partial charge in [0.05, 0.1) is 16.6 Å². The highest BCUT2D eigenvalue weighted by Crippen LogP contribution is 2.28. The Hall–Kier alpha value is -1.50. The third-order valence-corrected chi connectivity index (χ3v) is 2.98. The smallest absolute Gasteiger partial charge is 0.161 e. The fourth-order valence-corrected chi connectivity index (χ4v) is 1.90. The van der Waals surface area contributed by atoms with E-state index in [2.05, 4.69) is 20.7 Å². The molecule has 0 amide bonds. The molecule has 0 saturated carbocycles. The fourth-order valence-electron chi connectivity index (χ4n) is 1.42. The van der Waals surface area contributed by atoms with Gasteiger partial charge in [-0.3, -0.25) is 0 Å². The van der Waals surface area contributed by atoms with E-state index in [1.165, 1.54) is 0 Å². The number of nitrogens with two attached hydrogens (primary N) is 1. The van der Waals surface area contributed by atoms with E-state index in [1.54, 1.807) is 12.3 Å². The molecule has 0 unspecified atom stereocenters. The molecule has 18 heavy (non-hydrogen) atoms. The van der Waals surface area contributed by atoms with Crippen LogP contribution in [0.5, 0.6) is 0 Å². The number of hydrogen-bond acceptors (Lipinski definition) is 5. The number of nitrogen functional groups attached to an aromatic ring is 1. The summed E-state index contributed by atoms with van der Waals surface area (Å²) < 4.78 is 1.90. The first kappa shape index (κ1) is 12.9. The summed E-state index contributed by atoms with van der Waals surface area (Å²) in [6, 6.07) is 1.58. The van der Waals surface area contributed by atoms with Crippen molar-refractivity contribution in [1.82, 2.24) is 14.5 Å². The molecular weight excluding hydrogens is 275 g/mol. The molecule has 4 N–H and O–H groups in total. The van der Waals surface area contributed by atoms with Crippen molar-refractivity contribution < 1.29 is 0 Å². The Morgan fingerprint density at radius 1 is 1.33 bits per heavy atom. The molecule has 0 saturated heterocycles. The van der Waals surface area contributed by atoms with E-state index in [4.69, 9.17) is 29.0 Å². The molecule has 96 valence electrons. The molecule has 0 aliphatic rings. The zero-order valence-electron chi connectivity index (χ0n) is 9.61. The van der Waals surface area contributed by atoms with E-state index in [-0.39, 0.29) is 0 Å². The molecule has 2 aromatic heterocycles. The molecule has 0 aliphatic heterocycles. The first-order valence-corrected chi connectivity index (χ1v) is 5.90. The lowest BCUT2D eigenvalue weighted by molar-refractivity contribution is 0.811. The van der Waals surface area contributed by atoms with Gasteiger partial charge >= 0.3 is 0 Å². The van der Waals surface area contributed by atoms with Crippen molar-refractivity contribution in [2.45, 2.75) is 6.54 Å². The minimum absolute atomic E-state index is 0.364. The first-order chi connectivity index (χ1) is 8.61. The van der Waals surface area contributed by atoms with Crippen molar-refractivity contribution in [3.8, 4) is 0 Å². The van der Waals surface area contributed by atoms with Crippen LogP contribution >= 0.6 is 23.2 Å². The maximum atomic E-state index is 6.03. The average molecular weight is 287 g/mol. The topological polar surface area (TPSA) is 80.8 Å². The van der Waals surface area contributed by atoms with Crippen molar-refractivity contribution in [3.63, 3.8) is 0 Å². The molecule has 2 aromatic rings. The third kappa shape index (κ3) is 2.66. The highest BCUT2D eigenvalue weighted by atomic mass is 35.5. The molecule has 2 heterocycles. The second kappa shape index (κ2) is 5.43. The summed E-state index contributed by atoms with van der Waals surface area (Å²) in [7, 11) is 1.91. The fraction of sp³-hybridized carbons (Fsp3) is 0.200. The van der Waals surface area contributed by atoms with Crippen LogP contribution in [0.15, 0.2) is 18.5 Å². The van der Waals surface area contributed by atoms with Crippen LogP contribution in [-0.2, 0) is 13.6 Å². The van der Waals surface area contributed by atoms with Gasteiger partial charge in [-0.25, -0.2) is 15.8 Å². The quantitative estimate of drug-likeness (QED) is 0.592. The SMILES string of the molecule is Cn1ccnc1CNc1nc(NN)c(Cl)cc1Cl. The van der Waals surface area contributed by atoms with Gasteiger partial charge in [-0.05, 0) is 6.07 Å². The van der Waals surface area contributed by atoms with Crippen LogP contribution in [-0.4, -0.2) is 14.5 Å². The van der Waals surface area contributed by atoms with Crippen LogP contribution in [0.3, 0.4) is 0 Å². The standard InChI is InChI=1S/C10H12Cl2N6/c1-18-3-2-14-8(18)5-15-9-6(11)4-7(12)10(16-9)17-13/h2-4H,5,13H2,1H3,(H2,15,16,17). The Bertz CT molecular complexity index is 553. The summed E-state index contributed by atoms with van der Waals surface area (Å²) in [6.45, 7) is 0.502. The van der Waals surface area contributed by atoms with E-state index >= 15 is 0 Å². The number of nitrogens with one attached hydrogen (secondary N) is 2. The van der Waals surface area contributed by atoms with E-state index in [1.807, 2.05) is 17.8 Å². The summed E-state index contributed by atoms with van der Waals surface area (Å²) in [5, 5.41) is 3.87. The Morgan fingerprint density at radius 3 is 2.67 bits per heavy atom. The van der Waals surface area contributed by atoms with Crippen molar-refractivity contribution in [2.24, 2.45) is 12.9 Å². The van der Waals surface area contributed by atoms with Crippen LogP contribution in [0.2, 0.25) is 10.0 Å². The number of halogens is 2. The summed E-state index contributed by atoms with van der Waals surface area (Å²) in [5.41, 5.74) is 2.40. The predicted molar refractivity (Wildman–Crippen MR) is 72.6 cm³/mol. The number of nitrogens with zero attached hydrogens (tertiary/aromatic N) is 3. The zero-order chi connectivity index (χ0) is 13.1. The van der Waals surface area contributed by atoms with E-state index in [9.17, 15) is 0 Å². The number of imidazole rings is 1. The molecule has 6 nitrogen and oxygen atoms in total. The number of anilines is 2. The maximum absolute atomic E-state index is 6.03. The Morgan fingerprint density at radius 2 is 2.06 bits per heavy atom. The molecule has 0 aromatic carbocycles. The molecule has 0 atom stereocenters. The number of rotatable bonds is 4. The second-order valence-electron chi connectivity index (χ2n) is 3.60. The molecular formula is C10H12Cl2N6. The van der Waals surface area contributed by atoms with Crippen LogP contribution in [0.1, 0.15) is 5.82 Å². The number of aromatic nitrogens is 3. The highest BCUT2D eigenvalue weighted by Gasteiger charge is 2.09. The maximum Gasteiger partial charge on any atom is 0.161 e. The first-order valence-electron chi connectivity index (χ1n) is 5.14. The van der Waals surface area contributed by atoms with Crippen LogP contribution in [0.4, 0.5) is 11.6 Å². The molecule has 0 radical (unpaired) electrons. The van der Waals surface area contributed by atoms with Gasteiger partial charge in [0.1, 0.15) is 11.6 Å². The lowest BCUT2D eigenvalue weighted by Gasteiger charge is -2.10. The van der Waals surface area contributed by atoms with Crippen molar-refractivity contribution in [2.75, 3.05) is 10.7 Å². The lowest BCUT2D eigenvalue weighted by Crippen LogP contribution is -2.12. The number of pyridine rings is 1. The molecule has 0 bridgehead atoms. The van der Waals surface area contributed by atoms with Crippen molar-refractivity contribution in [3.05, 3.63) is 34.3 Å². The van der Waals surface area contributed by atoms with Gasteiger partial charge in [0.25, 0.3) is 0 Å². The number of aryl methyl sites for hydroxylation is 1. The van der Waals surface area contributed by atoms with Gasteiger partial charge < -0.3 is 15.3 Å². The minimum atomic E-state index is 0.364. The number of hydrazine groups is 1. The summed E-state index contributed by atoms with van der Waals surface area (Å²) in [6.07, 6.45) is 3.58. The molecule has 0 fully saturated rings. The van der Waals surface area contributed by atoms with Crippen LogP contribution in [0, 0.1) is 0 Å². The van der Waals surface area contributed by atoms with Gasteiger partial charge in [-0.2, -0.15) is 0 Å². The summed E-state index contributed by atoms with van der Waals surface area (Å²) in [4.78, 5) is 8.36. The highest BCUT2D eigenvalue weighted by molar-refractivity contribution is 6.37. The van der Waals surface area contributed by atoms with Crippen LogP contribution < -0.4 is 16.6 Å². The average Bonchev–Trinajstić information content (AvgIpc) is 2.74. The van der Waals surface area contributed by atoms with Gasteiger partial charge in [-0.1, -0.05) is 23.2 Å². The van der Waals surface area contributed by atoms with Gasteiger partial charge in [0, 0.05) is 19.4 Å². The minimum Gasteiger partial charge on any atom is -0.362 e. The van der Waals surface area contributed by atoms with Crippen molar-refractivity contribution >= 4 is 34.8 Å². The summed E-state index contributed by atoms with van der Waals surface area (Å²) >= 11 is 11.9. The Labute approximate surface area is 114 Å². The Balaban J connectivity index is 2.16. The summed E-state index contributed by atoms with van der Waals surface area (Å²) in [5.74, 6) is 7.03. The van der Waals surface area contributed by atoms with Crippen molar-refractivity contribution in [1.29, 1.82) is 0 Å². The van der Waals surface area contributed by atoms with E-state index < -0.39 is 0 Å². The predicted octanol–water partition coefficient (Wildman–Crippen LogP) is 2.02. The molecule has 0 spiro atoms. The zero-order valence-corrected chi connectivity index (χ0v) is 11.1. The third-order valence-electron chi connectivity index (χ3n) is 2.40. The van der Waals surface area contributed by atoms with E-state index in [0.29, 0.717) is 28.2 Å². The van der Waals surface area contributed by atoms with Crippen LogP contribution in [0.25, 0.3) is 0 Å². The largest absolute Gasteiger partial charge is 0.362 e. The Kier molecular flexibility index (Phi) is 3.90.